The topological polar surface area (TPSA) is 96.2 Å². The minimum atomic E-state index is -0.620. The van der Waals surface area contributed by atoms with Gasteiger partial charge in [0.1, 0.15) is 11.8 Å². The van der Waals surface area contributed by atoms with Crippen molar-refractivity contribution in [3.63, 3.8) is 0 Å². The Morgan fingerprint density at radius 1 is 1.53 bits per heavy atom. The maximum Gasteiger partial charge on any atom is 0.416 e. The van der Waals surface area contributed by atoms with Crippen LogP contribution in [-0.2, 0) is 0 Å². The number of carbonyl (C=O) groups excluding carboxylic acids is 1. The summed E-state index contributed by atoms with van der Waals surface area (Å²) in [7, 11) is 0. The third-order valence-corrected chi connectivity index (χ3v) is 2.25. The molecular formula is C10H7N3O4. The van der Waals surface area contributed by atoms with Gasteiger partial charge in [0.15, 0.2) is 0 Å². The minimum absolute atomic E-state index is 0.0774. The van der Waals surface area contributed by atoms with Gasteiger partial charge in [-0.05, 0) is 12.1 Å². The molecule has 0 N–H and O–H groups in total. The van der Waals surface area contributed by atoms with Crippen LogP contribution in [0, 0.1) is 21.4 Å². The molecule has 1 aromatic rings. The van der Waals surface area contributed by atoms with Gasteiger partial charge in [0.05, 0.1) is 17.5 Å². The summed E-state index contributed by atoms with van der Waals surface area (Å²) in [5, 5.41) is 18.9. The molecule has 0 radical (unpaired) electrons. The fraction of sp³-hybridized carbons (Fsp3) is 0.200. The summed E-state index contributed by atoms with van der Waals surface area (Å²) >= 11 is 0. The molecule has 0 saturated carbocycles. The van der Waals surface area contributed by atoms with Gasteiger partial charge in [0.2, 0.25) is 0 Å². The Morgan fingerprint density at radius 2 is 2.18 bits per heavy atom. The van der Waals surface area contributed by atoms with Crippen molar-refractivity contribution in [2.45, 2.75) is 6.04 Å². The molecule has 1 amide bonds. The predicted molar refractivity (Wildman–Crippen MR) is 55.2 cm³/mol. The maximum absolute atomic E-state index is 11.4. The number of amides is 1. The Hall–Kier alpha value is -2.62. The first-order chi connectivity index (χ1) is 8.11. The van der Waals surface area contributed by atoms with E-state index in [0.717, 1.165) is 0 Å². The Morgan fingerprint density at radius 3 is 2.65 bits per heavy atom. The maximum atomic E-state index is 11.4. The van der Waals surface area contributed by atoms with E-state index in [4.69, 9.17) is 10.00 Å². The fourth-order valence-electron chi connectivity index (χ4n) is 1.25. The van der Waals surface area contributed by atoms with E-state index in [1.807, 2.05) is 6.07 Å². The summed E-state index contributed by atoms with van der Waals surface area (Å²) < 4.78 is 4.92. The number of hydrogen-bond donors (Lipinski definition) is 0. The summed E-state index contributed by atoms with van der Waals surface area (Å²) in [4.78, 5) is 22.5. The van der Waals surface area contributed by atoms with Crippen LogP contribution in [0.5, 0.6) is 5.75 Å². The number of ether oxygens (including phenoxy) is 1. The molecule has 1 aromatic carbocycles. The van der Waals surface area contributed by atoms with Gasteiger partial charge in [0, 0.05) is 12.1 Å². The number of nitro groups is 1. The second-order valence-corrected chi connectivity index (χ2v) is 3.42. The van der Waals surface area contributed by atoms with Crippen LogP contribution in [0.1, 0.15) is 0 Å². The first-order valence-electron chi connectivity index (χ1n) is 4.74. The van der Waals surface area contributed by atoms with Crippen molar-refractivity contribution >= 4 is 11.8 Å². The normalized spacial score (nSPS) is 17.1. The van der Waals surface area contributed by atoms with Gasteiger partial charge in [-0.3, -0.25) is 15.0 Å². The van der Waals surface area contributed by atoms with Crippen LogP contribution in [0.2, 0.25) is 0 Å². The summed E-state index contributed by atoms with van der Waals surface area (Å²) in [6, 6.07) is 6.65. The van der Waals surface area contributed by atoms with Crippen molar-refractivity contribution in [3.8, 4) is 11.8 Å². The van der Waals surface area contributed by atoms with E-state index in [2.05, 4.69) is 0 Å². The monoisotopic (exact) mass is 233 g/mol. The van der Waals surface area contributed by atoms with E-state index in [0.29, 0.717) is 6.54 Å². The number of hydrogen-bond acceptors (Lipinski definition) is 5. The zero-order valence-corrected chi connectivity index (χ0v) is 8.57. The molecule has 0 aromatic heterocycles. The lowest BCUT2D eigenvalue weighted by atomic mass is 10.3. The van der Waals surface area contributed by atoms with Crippen LogP contribution in [0.4, 0.5) is 10.5 Å². The molecule has 7 nitrogen and oxygen atoms in total. The minimum Gasteiger partial charge on any atom is -0.410 e. The van der Waals surface area contributed by atoms with Gasteiger partial charge in [-0.25, -0.2) is 4.79 Å². The SMILES string of the molecule is N#CC1CN1C(=O)Oc1ccc([N+](=O)[O-])cc1. The van der Waals surface area contributed by atoms with Gasteiger partial charge < -0.3 is 4.74 Å². The lowest BCUT2D eigenvalue weighted by molar-refractivity contribution is -0.384. The second-order valence-electron chi connectivity index (χ2n) is 3.42. The van der Waals surface area contributed by atoms with Crippen LogP contribution in [-0.4, -0.2) is 28.5 Å². The highest BCUT2D eigenvalue weighted by atomic mass is 16.6. The van der Waals surface area contributed by atoms with Crippen molar-refractivity contribution < 1.29 is 14.5 Å². The standard InChI is InChI=1S/C10H7N3O4/c11-5-8-6-12(8)10(14)17-9-3-1-7(2-4-9)13(15)16/h1-4,8H,6H2. The summed E-state index contributed by atoms with van der Waals surface area (Å²) in [5.74, 6) is 0.212. The van der Waals surface area contributed by atoms with Gasteiger partial charge in [-0.15, -0.1) is 0 Å². The Bertz CT molecular complexity index is 505. The van der Waals surface area contributed by atoms with Crippen LogP contribution in [0.25, 0.3) is 0 Å². The highest BCUT2D eigenvalue weighted by Gasteiger charge is 2.40. The molecule has 1 atom stereocenters. The lowest BCUT2D eigenvalue weighted by Gasteiger charge is -2.03. The van der Waals surface area contributed by atoms with Crippen LogP contribution in [0.3, 0.4) is 0 Å². The average molecular weight is 233 g/mol. The van der Waals surface area contributed by atoms with E-state index >= 15 is 0 Å². The van der Waals surface area contributed by atoms with E-state index in [-0.39, 0.29) is 11.4 Å². The second kappa shape index (κ2) is 4.09. The molecule has 0 aliphatic carbocycles. The zero-order valence-electron chi connectivity index (χ0n) is 8.57. The van der Waals surface area contributed by atoms with E-state index in [9.17, 15) is 14.9 Å². The van der Waals surface area contributed by atoms with Gasteiger partial charge in [-0.2, -0.15) is 5.26 Å². The average Bonchev–Trinajstić information content (AvgIpc) is 3.09. The van der Waals surface area contributed by atoms with Gasteiger partial charge >= 0.3 is 6.09 Å². The van der Waals surface area contributed by atoms with Crippen molar-refractivity contribution in [3.05, 3.63) is 34.4 Å². The van der Waals surface area contributed by atoms with Crippen molar-refractivity contribution in [2.75, 3.05) is 6.54 Å². The molecule has 1 aliphatic heterocycles. The highest BCUT2D eigenvalue weighted by Crippen LogP contribution is 2.21. The van der Waals surface area contributed by atoms with E-state index in [1.165, 1.54) is 29.2 Å². The lowest BCUT2D eigenvalue weighted by Crippen LogP contribution is -2.17. The molecule has 1 unspecified atom stereocenters. The van der Waals surface area contributed by atoms with Crippen LogP contribution < -0.4 is 4.74 Å². The molecule has 1 fully saturated rings. The number of nitriles is 1. The van der Waals surface area contributed by atoms with Gasteiger partial charge in [-0.1, -0.05) is 0 Å². The molecule has 1 heterocycles. The third-order valence-electron chi connectivity index (χ3n) is 2.25. The largest absolute Gasteiger partial charge is 0.416 e. The molecule has 1 aliphatic rings. The molecule has 0 bridgehead atoms. The van der Waals surface area contributed by atoms with E-state index in [1.54, 1.807) is 0 Å². The Kier molecular flexibility index (Phi) is 2.62. The highest BCUT2D eigenvalue weighted by molar-refractivity contribution is 5.74. The van der Waals surface area contributed by atoms with Crippen molar-refractivity contribution in [2.24, 2.45) is 0 Å². The number of nitro benzene ring substituents is 1. The molecular weight excluding hydrogens is 226 g/mol. The molecule has 86 valence electrons. The molecule has 0 spiro atoms. The number of rotatable bonds is 2. The predicted octanol–water partition coefficient (Wildman–Crippen LogP) is 1.30. The van der Waals surface area contributed by atoms with Crippen LogP contribution >= 0.6 is 0 Å². The molecule has 1 saturated heterocycles. The summed E-state index contributed by atoms with van der Waals surface area (Å²) in [5.41, 5.74) is -0.0774. The van der Waals surface area contributed by atoms with Gasteiger partial charge in [0.25, 0.3) is 5.69 Å². The number of benzene rings is 1. The first-order valence-corrected chi connectivity index (χ1v) is 4.74. The fourth-order valence-corrected chi connectivity index (χ4v) is 1.25. The smallest absolute Gasteiger partial charge is 0.410 e. The quantitative estimate of drug-likeness (QED) is 0.435. The van der Waals surface area contributed by atoms with Crippen molar-refractivity contribution in [1.29, 1.82) is 5.26 Å². The van der Waals surface area contributed by atoms with E-state index < -0.39 is 17.1 Å². The Balaban J connectivity index is 1.98. The summed E-state index contributed by atoms with van der Waals surface area (Å²) in [6.07, 6.45) is -0.620. The van der Waals surface area contributed by atoms with Crippen LogP contribution in [0.15, 0.2) is 24.3 Å². The number of non-ortho nitro benzene ring substituents is 1. The molecule has 17 heavy (non-hydrogen) atoms. The van der Waals surface area contributed by atoms with Crippen molar-refractivity contribution in [1.82, 2.24) is 4.90 Å². The number of carbonyl (C=O) groups is 1. The summed E-state index contributed by atoms with van der Waals surface area (Å²) in [6.45, 7) is 0.363. The molecule has 7 heteroatoms. The zero-order chi connectivity index (χ0) is 12.4. The third kappa shape index (κ3) is 2.31. The first kappa shape index (κ1) is 10.9. The Labute approximate surface area is 96.0 Å². The molecule has 2 rings (SSSR count). The number of nitrogens with zero attached hydrogens (tertiary/aromatic N) is 3.